The molecule has 0 spiro atoms. The molecule has 0 aliphatic heterocycles. The summed E-state index contributed by atoms with van der Waals surface area (Å²) >= 11 is 1.30. The zero-order chi connectivity index (χ0) is 18.5. The topological polar surface area (TPSA) is 80.9 Å². The monoisotopic (exact) mass is 376 g/mol. The van der Waals surface area contributed by atoms with Crippen molar-refractivity contribution in [1.82, 2.24) is 15.2 Å². The molecule has 1 N–H and O–H groups in total. The van der Waals surface area contributed by atoms with Crippen molar-refractivity contribution in [3.63, 3.8) is 0 Å². The molecule has 0 fully saturated rings. The van der Waals surface area contributed by atoms with E-state index in [1.54, 1.807) is 6.20 Å². The largest absolute Gasteiger partial charge is 0.461 e. The van der Waals surface area contributed by atoms with Crippen LogP contribution in [0.4, 0.5) is 5.13 Å². The first-order valence-electron chi connectivity index (χ1n) is 8.47. The van der Waals surface area contributed by atoms with Gasteiger partial charge in [-0.25, -0.2) is 0 Å². The van der Waals surface area contributed by atoms with Crippen LogP contribution < -0.4 is 5.32 Å². The fourth-order valence-electron chi connectivity index (χ4n) is 2.55. The van der Waals surface area contributed by atoms with Gasteiger partial charge in [0.15, 0.2) is 5.01 Å². The number of hydrogen-bond donors (Lipinski definition) is 1. The third-order valence-electron chi connectivity index (χ3n) is 3.87. The summed E-state index contributed by atoms with van der Waals surface area (Å²) in [6.45, 7) is 0. The van der Waals surface area contributed by atoms with Crippen molar-refractivity contribution in [3.05, 3.63) is 72.6 Å². The molecule has 0 aliphatic carbocycles. The smallest absolute Gasteiger partial charge is 0.226 e. The van der Waals surface area contributed by atoms with Crippen LogP contribution in [-0.4, -0.2) is 21.1 Å². The molecule has 0 radical (unpaired) electrons. The summed E-state index contributed by atoms with van der Waals surface area (Å²) in [5.41, 5.74) is 1.75. The van der Waals surface area contributed by atoms with Gasteiger partial charge in [-0.1, -0.05) is 47.7 Å². The van der Waals surface area contributed by atoms with Crippen molar-refractivity contribution in [2.24, 2.45) is 0 Å². The van der Waals surface area contributed by atoms with Crippen molar-refractivity contribution in [3.8, 4) is 22.0 Å². The van der Waals surface area contributed by atoms with Crippen molar-refractivity contribution < 1.29 is 9.21 Å². The predicted molar refractivity (Wildman–Crippen MR) is 104 cm³/mol. The lowest BCUT2D eigenvalue weighted by atomic mass is 10.2. The van der Waals surface area contributed by atoms with Gasteiger partial charge in [-0.15, -0.1) is 10.2 Å². The fourth-order valence-corrected chi connectivity index (χ4v) is 3.29. The molecule has 4 aromatic rings. The van der Waals surface area contributed by atoms with Crippen molar-refractivity contribution in [2.75, 3.05) is 5.32 Å². The van der Waals surface area contributed by atoms with Crippen LogP contribution in [0.1, 0.15) is 12.2 Å². The zero-order valence-corrected chi connectivity index (χ0v) is 15.1. The van der Waals surface area contributed by atoms with Crippen LogP contribution in [0.5, 0.6) is 0 Å². The van der Waals surface area contributed by atoms with E-state index in [9.17, 15) is 4.79 Å². The summed E-state index contributed by atoms with van der Waals surface area (Å²) in [6.07, 6.45) is 2.52. The van der Waals surface area contributed by atoms with Crippen molar-refractivity contribution >= 4 is 22.4 Å². The minimum atomic E-state index is -0.128. The van der Waals surface area contributed by atoms with Crippen LogP contribution in [0.15, 0.2) is 71.3 Å². The van der Waals surface area contributed by atoms with Crippen LogP contribution in [0.25, 0.3) is 22.0 Å². The van der Waals surface area contributed by atoms with Gasteiger partial charge < -0.3 is 9.73 Å². The van der Waals surface area contributed by atoms with Gasteiger partial charge in [0.25, 0.3) is 0 Å². The highest BCUT2D eigenvalue weighted by molar-refractivity contribution is 7.18. The van der Waals surface area contributed by atoms with Crippen LogP contribution in [0.3, 0.4) is 0 Å². The highest BCUT2D eigenvalue weighted by Crippen LogP contribution is 2.25. The van der Waals surface area contributed by atoms with E-state index in [0.717, 1.165) is 22.8 Å². The summed E-state index contributed by atoms with van der Waals surface area (Å²) < 4.78 is 5.82. The van der Waals surface area contributed by atoms with E-state index in [4.69, 9.17) is 4.42 Å². The van der Waals surface area contributed by atoms with Gasteiger partial charge in [-0.3, -0.25) is 9.78 Å². The molecule has 0 bridgehead atoms. The minimum Gasteiger partial charge on any atom is -0.461 e. The van der Waals surface area contributed by atoms with E-state index in [0.29, 0.717) is 23.0 Å². The second kappa shape index (κ2) is 7.92. The highest BCUT2D eigenvalue weighted by Gasteiger charge is 2.11. The Hall–Kier alpha value is -3.32. The molecular weight excluding hydrogens is 360 g/mol. The summed E-state index contributed by atoms with van der Waals surface area (Å²) in [7, 11) is 0. The average Bonchev–Trinajstić information content (AvgIpc) is 3.37. The van der Waals surface area contributed by atoms with Gasteiger partial charge in [0.05, 0.1) is 0 Å². The van der Waals surface area contributed by atoms with E-state index in [-0.39, 0.29) is 5.91 Å². The molecule has 0 saturated heterocycles. The number of aromatic nitrogens is 3. The predicted octanol–water partition coefficient (Wildman–Crippen LogP) is 4.43. The number of nitrogens with zero attached hydrogens (tertiary/aromatic N) is 3. The van der Waals surface area contributed by atoms with Crippen LogP contribution in [-0.2, 0) is 11.2 Å². The maximum atomic E-state index is 12.2. The Morgan fingerprint density at radius 3 is 2.67 bits per heavy atom. The summed E-state index contributed by atoms with van der Waals surface area (Å²) in [4.78, 5) is 16.4. The van der Waals surface area contributed by atoms with E-state index < -0.39 is 0 Å². The molecule has 0 unspecified atom stereocenters. The van der Waals surface area contributed by atoms with Crippen molar-refractivity contribution in [1.29, 1.82) is 0 Å². The Morgan fingerprint density at radius 2 is 1.85 bits per heavy atom. The second-order valence-electron chi connectivity index (χ2n) is 5.81. The summed E-state index contributed by atoms with van der Waals surface area (Å²) in [6, 6.07) is 19.3. The average molecular weight is 376 g/mol. The molecule has 7 heteroatoms. The van der Waals surface area contributed by atoms with Gasteiger partial charge >= 0.3 is 0 Å². The number of furan rings is 1. The number of aryl methyl sites for hydroxylation is 1. The molecule has 3 heterocycles. The van der Waals surface area contributed by atoms with Gasteiger partial charge in [0.2, 0.25) is 11.0 Å². The first-order chi connectivity index (χ1) is 13.3. The number of amides is 1. The molecule has 0 atom stereocenters. The number of benzene rings is 1. The SMILES string of the molecule is O=C(CCc1ccc(-c2ccccc2)o1)Nc1nnc(-c2ccccn2)s1. The Balaban J connectivity index is 1.33. The first kappa shape index (κ1) is 17.1. The number of anilines is 1. The normalized spacial score (nSPS) is 10.7. The Kier molecular flexibility index (Phi) is 5.02. The molecule has 6 nitrogen and oxygen atoms in total. The molecule has 27 heavy (non-hydrogen) atoms. The van der Waals surface area contributed by atoms with Crippen LogP contribution >= 0.6 is 11.3 Å². The lowest BCUT2D eigenvalue weighted by molar-refractivity contribution is -0.116. The number of rotatable bonds is 6. The number of nitrogens with one attached hydrogen (secondary N) is 1. The molecule has 0 aliphatic rings. The summed E-state index contributed by atoms with van der Waals surface area (Å²) in [5.74, 6) is 1.45. The molecule has 1 amide bonds. The molecular formula is C20H16N4O2S. The van der Waals surface area contributed by atoms with Gasteiger partial charge in [0, 0.05) is 24.6 Å². The van der Waals surface area contributed by atoms with Gasteiger partial charge in [-0.05, 0) is 24.3 Å². The molecule has 1 aromatic carbocycles. The number of carbonyl (C=O) groups is 1. The molecule has 3 aromatic heterocycles. The maximum Gasteiger partial charge on any atom is 0.226 e. The Bertz CT molecular complexity index is 1030. The second-order valence-corrected chi connectivity index (χ2v) is 6.79. The van der Waals surface area contributed by atoms with E-state index in [1.807, 2.05) is 60.7 Å². The Labute approximate surface area is 159 Å². The number of pyridine rings is 1. The molecule has 134 valence electrons. The van der Waals surface area contributed by atoms with E-state index >= 15 is 0 Å². The zero-order valence-electron chi connectivity index (χ0n) is 14.3. The summed E-state index contributed by atoms with van der Waals surface area (Å²) in [5, 5.41) is 12.0. The lowest BCUT2D eigenvalue weighted by Gasteiger charge is -2.00. The van der Waals surface area contributed by atoms with Gasteiger partial charge in [-0.2, -0.15) is 0 Å². The number of hydrogen-bond acceptors (Lipinski definition) is 6. The minimum absolute atomic E-state index is 0.128. The number of carbonyl (C=O) groups excluding carboxylic acids is 1. The fraction of sp³-hybridized carbons (Fsp3) is 0.100. The molecule has 0 saturated carbocycles. The Morgan fingerprint density at radius 1 is 1.00 bits per heavy atom. The third-order valence-corrected chi connectivity index (χ3v) is 4.73. The lowest BCUT2D eigenvalue weighted by Crippen LogP contribution is -2.11. The first-order valence-corrected chi connectivity index (χ1v) is 9.28. The standard InChI is InChI=1S/C20H16N4O2S/c25-18(22-20-24-23-19(27-20)16-8-4-5-13-21-16)12-10-15-9-11-17(26-15)14-6-2-1-3-7-14/h1-9,11,13H,10,12H2,(H,22,24,25). The maximum absolute atomic E-state index is 12.2. The van der Waals surface area contributed by atoms with E-state index in [1.165, 1.54) is 11.3 Å². The third kappa shape index (κ3) is 4.27. The highest BCUT2D eigenvalue weighted by atomic mass is 32.1. The van der Waals surface area contributed by atoms with E-state index in [2.05, 4.69) is 20.5 Å². The van der Waals surface area contributed by atoms with Gasteiger partial charge in [0.1, 0.15) is 17.2 Å². The molecule has 4 rings (SSSR count). The van der Waals surface area contributed by atoms with Crippen molar-refractivity contribution in [2.45, 2.75) is 12.8 Å². The van der Waals surface area contributed by atoms with Crippen LogP contribution in [0.2, 0.25) is 0 Å². The van der Waals surface area contributed by atoms with Crippen LogP contribution in [0, 0.1) is 0 Å². The quantitative estimate of drug-likeness (QED) is 0.538.